The zero-order valence-electron chi connectivity index (χ0n) is 15.9. The Kier molecular flexibility index (Phi) is 7.33. The summed E-state index contributed by atoms with van der Waals surface area (Å²) in [5.41, 5.74) is 3.40. The fraction of sp³-hybridized carbons (Fsp3) is 0.381. The van der Waals surface area contributed by atoms with Gasteiger partial charge in [0.25, 0.3) is 0 Å². The van der Waals surface area contributed by atoms with Gasteiger partial charge in [-0.3, -0.25) is 4.79 Å². The number of rotatable bonds is 9. The molecule has 5 heteroatoms. The van der Waals surface area contributed by atoms with Crippen LogP contribution < -0.4 is 19.5 Å². The van der Waals surface area contributed by atoms with E-state index >= 15 is 0 Å². The monoisotopic (exact) mass is 357 g/mol. The maximum atomic E-state index is 12.1. The van der Waals surface area contributed by atoms with Crippen LogP contribution in [0.5, 0.6) is 17.2 Å². The molecule has 140 valence electrons. The second kappa shape index (κ2) is 9.70. The van der Waals surface area contributed by atoms with Crippen LogP contribution in [0.1, 0.15) is 29.5 Å². The van der Waals surface area contributed by atoms with Crippen LogP contribution in [0.25, 0.3) is 0 Å². The molecule has 0 aliphatic rings. The fourth-order valence-corrected chi connectivity index (χ4v) is 2.73. The molecule has 5 nitrogen and oxygen atoms in total. The first kappa shape index (κ1) is 19.6. The van der Waals surface area contributed by atoms with E-state index in [-0.39, 0.29) is 5.91 Å². The van der Waals surface area contributed by atoms with Crippen molar-refractivity contribution < 1.29 is 19.0 Å². The molecule has 0 spiro atoms. The molecule has 0 aromatic heterocycles. The van der Waals surface area contributed by atoms with E-state index in [0.717, 1.165) is 18.4 Å². The molecule has 0 heterocycles. The van der Waals surface area contributed by atoms with Gasteiger partial charge >= 0.3 is 0 Å². The topological polar surface area (TPSA) is 56.8 Å². The molecule has 1 amide bonds. The number of ether oxygens (including phenoxy) is 3. The van der Waals surface area contributed by atoms with E-state index in [4.69, 9.17) is 14.2 Å². The molecular weight excluding hydrogens is 330 g/mol. The van der Waals surface area contributed by atoms with Gasteiger partial charge in [-0.05, 0) is 43.0 Å². The van der Waals surface area contributed by atoms with Gasteiger partial charge in [0.1, 0.15) is 0 Å². The number of hydrogen-bond acceptors (Lipinski definition) is 4. The summed E-state index contributed by atoms with van der Waals surface area (Å²) in [6, 6.07) is 12.1. The summed E-state index contributed by atoms with van der Waals surface area (Å²) >= 11 is 0. The minimum Gasteiger partial charge on any atom is -0.493 e. The van der Waals surface area contributed by atoms with Crippen molar-refractivity contribution in [1.82, 2.24) is 5.32 Å². The van der Waals surface area contributed by atoms with Crippen LogP contribution in [0.2, 0.25) is 0 Å². The van der Waals surface area contributed by atoms with E-state index in [1.165, 1.54) is 11.1 Å². The molecule has 0 bridgehead atoms. The first-order chi connectivity index (χ1) is 12.6. The Morgan fingerprint density at radius 3 is 2.08 bits per heavy atom. The smallest absolute Gasteiger partial charge is 0.220 e. The van der Waals surface area contributed by atoms with Crippen LogP contribution in [0.15, 0.2) is 36.4 Å². The zero-order valence-corrected chi connectivity index (χ0v) is 15.9. The van der Waals surface area contributed by atoms with Gasteiger partial charge in [-0.2, -0.15) is 0 Å². The Balaban J connectivity index is 1.85. The van der Waals surface area contributed by atoms with Crippen LogP contribution in [-0.4, -0.2) is 27.2 Å². The van der Waals surface area contributed by atoms with Crippen molar-refractivity contribution >= 4 is 5.91 Å². The zero-order chi connectivity index (χ0) is 18.9. The molecule has 1 N–H and O–H groups in total. The van der Waals surface area contributed by atoms with Crippen molar-refractivity contribution in [1.29, 1.82) is 0 Å². The first-order valence-corrected chi connectivity index (χ1v) is 8.68. The summed E-state index contributed by atoms with van der Waals surface area (Å²) < 4.78 is 16.0. The maximum absolute atomic E-state index is 12.1. The van der Waals surface area contributed by atoms with E-state index in [9.17, 15) is 4.79 Å². The number of hydrogen-bond donors (Lipinski definition) is 1. The number of nitrogens with one attached hydrogen (secondary N) is 1. The largest absolute Gasteiger partial charge is 0.493 e. The van der Waals surface area contributed by atoms with E-state index in [1.807, 2.05) is 12.1 Å². The highest BCUT2D eigenvalue weighted by Gasteiger charge is 2.13. The average molecular weight is 357 g/mol. The predicted octanol–water partition coefficient (Wildman–Crippen LogP) is 3.66. The summed E-state index contributed by atoms with van der Waals surface area (Å²) in [5.74, 6) is 1.74. The maximum Gasteiger partial charge on any atom is 0.220 e. The van der Waals surface area contributed by atoms with Gasteiger partial charge < -0.3 is 19.5 Å². The van der Waals surface area contributed by atoms with E-state index in [2.05, 4.69) is 36.5 Å². The van der Waals surface area contributed by atoms with Crippen molar-refractivity contribution in [3.8, 4) is 17.2 Å². The van der Waals surface area contributed by atoms with Crippen LogP contribution in [-0.2, 0) is 17.8 Å². The third-order valence-electron chi connectivity index (χ3n) is 4.20. The second-order valence-corrected chi connectivity index (χ2v) is 6.15. The van der Waals surface area contributed by atoms with Gasteiger partial charge in [0.15, 0.2) is 11.5 Å². The molecule has 0 saturated heterocycles. The molecule has 26 heavy (non-hydrogen) atoms. The highest BCUT2D eigenvalue weighted by molar-refractivity contribution is 5.75. The van der Waals surface area contributed by atoms with Gasteiger partial charge in [0.2, 0.25) is 11.7 Å². The molecule has 2 rings (SSSR count). The minimum absolute atomic E-state index is 0.0332. The number of carbonyl (C=O) groups excluding carboxylic acids is 1. The van der Waals surface area contributed by atoms with Gasteiger partial charge in [-0.25, -0.2) is 0 Å². The second-order valence-electron chi connectivity index (χ2n) is 6.15. The van der Waals surface area contributed by atoms with Crippen molar-refractivity contribution in [2.45, 2.75) is 32.7 Å². The van der Waals surface area contributed by atoms with Crippen LogP contribution in [0.4, 0.5) is 0 Å². The third-order valence-corrected chi connectivity index (χ3v) is 4.20. The average Bonchev–Trinajstić information content (AvgIpc) is 2.66. The first-order valence-electron chi connectivity index (χ1n) is 8.68. The quantitative estimate of drug-likeness (QED) is 0.744. The normalized spacial score (nSPS) is 10.3. The predicted molar refractivity (Wildman–Crippen MR) is 102 cm³/mol. The highest BCUT2D eigenvalue weighted by Crippen LogP contribution is 2.38. The standard InChI is InChI=1S/C21H27NO4/c1-15-8-10-16(11-9-15)6-5-7-20(23)22-14-17-12-18(24-2)21(26-4)19(13-17)25-3/h8-13H,5-7,14H2,1-4H3,(H,22,23). The van der Waals surface area contributed by atoms with Crippen molar-refractivity contribution in [2.75, 3.05) is 21.3 Å². The van der Waals surface area contributed by atoms with Gasteiger partial charge in [-0.1, -0.05) is 29.8 Å². The van der Waals surface area contributed by atoms with Gasteiger partial charge in [-0.15, -0.1) is 0 Å². The van der Waals surface area contributed by atoms with E-state index in [0.29, 0.717) is 30.2 Å². The number of carbonyl (C=O) groups is 1. The summed E-state index contributed by atoms with van der Waals surface area (Å²) in [5, 5.41) is 2.94. The summed E-state index contributed by atoms with van der Waals surface area (Å²) in [6.45, 7) is 2.49. The Morgan fingerprint density at radius 2 is 1.54 bits per heavy atom. The number of methoxy groups -OCH3 is 3. The SMILES string of the molecule is COc1cc(CNC(=O)CCCc2ccc(C)cc2)cc(OC)c1OC. The molecule has 0 aliphatic heterocycles. The summed E-state index contributed by atoms with van der Waals surface area (Å²) in [7, 11) is 4.71. The molecule has 0 aliphatic carbocycles. The number of amides is 1. The lowest BCUT2D eigenvalue weighted by atomic mass is 10.1. The summed E-state index contributed by atoms with van der Waals surface area (Å²) in [4.78, 5) is 12.1. The molecule has 2 aromatic carbocycles. The fourth-order valence-electron chi connectivity index (χ4n) is 2.73. The van der Waals surface area contributed by atoms with E-state index in [1.54, 1.807) is 21.3 Å². The molecule has 0 saturated carbocycles. The van der Waals surface area contributed by atoms with Gasteiger partial charge in [0, 0.05) is 13.0 Å². The van der Waals surface area contributed by atoms with Crippen molar-refractivity contribution in [3.05, 3.63) is 53.1 Å². The van der Waals surface area contributed by atoms with Crippen LogP contribution >= 0.6 is 0 Å². The van der Waals surface area contributed by atoms with Crippen LogP contribution in [0.3, 0.4) is 0 Å². The molecular formula is C21H27NO4. The lowest BCUT2D eigenvalue weighted by molar-refractivity contribution is -0.121. The summed E-state index contributed by atoms with van der Waals surface area (Å²) in [6.07, 6.45) is 2.22. The molecule has 0 radical (unpaired) electrons. The Morgan fingerprint density at radius 1 is 0.923 bits per heavy atom. The minimum atomic E-state index is 0.0332. The van der Waals surface area contributed by atoms with Gasteiger partial charge in [0.05, 0.1) is 21.3 Å². The third kappa shape index (κ3) is 5.41. The lowest BCUT2D eigenvalue weighted by Gasteiger charge is -2.14. The van der Waals surface area contributed by atoms with Crippen LogP contribution in [0, 0.1) is 6.92 Å². The Labute approximate surface area is 155 Å². The van der Waals surface area contributed by atoms with E-state index < -0.39 is 0 Å². The molecule has 0 unspecified atom stereocenters. The van der Waals surface area contributed by atoms with Crippen molar-refractivity contribution in [3.63, 3.8) is 0 Å². The van der Waals surface area contributed by atoms with Crippen molar-refractivity contribution in [2.24, 2.45) is 0 Å². The Hall–Kier alpha value is -2.69. The molecule has 0 atom stereocenters. The number of aryl methyl sites for hydroxylation is 2. The highest BCUT2D eigenvalue weighted by atomic mass is 16.5. The Bertz CT molecular complexity index is 700. The molecule has 2 aromatic rings. The molecule has 0 fully saturated rings. The number of benzene rings is 2. The lowest BCUT2D eigenvalue weighted by Crippen LogP contribution is -2.22.